The van der Waals surface area contributed by atoms with E-state index in [-0.39, 0.29) is 35.0 Å². The van der Waals surface area contributed by atoms with Crippen LogP contribution >= 0.6 is 0 Å². The molecule has 7 atom stereocenters. The summed E-state index contributed by atoms with van der Waals surface area (Å²) in [5.74, 6) is -1.84. The van der Waals surface area contributed by atoms with E-state index in [4.69, 9.17) is 13.9 Å². The van der Waals surface area contributed by atoms with E-state index in [1.165, 1.54) is 4.90 Å². The van der Waals surface area contributed by atoms with Gasteiger partial charge in [0.05, 0.1) is 29.2 Å². The summed E-state index contributed by atoms with van der Waals surface area (Å²) >= 11 is 0. The van der Waals surface area contributed by atoms with Crippen LogP contribution in [0.2, 0.25) is 18.1 Å². The number of nitriles is 1. The quantitative estimate of drug-likeness (QED) is 0.289. The van der Waals surface area contributed by atoms with Crippen LogP contribution < -0.4 is 4.90 Å². The zero-order chi connectivity index (χ0) is 27.4. The smallest absolute Gasteiger partial charge is 0.240 e. The van der Waals surface area contributed by atoms with E-state index in [0.29, 0.717) is 24.3 Å². The van der Waals surface area contributed by atoms with Gasteiger partial charge in [-0.1, -0.05) is 58.9 Å². The summed E-state index contributed by atoms with van der Waals surface area (Å²) in [6, 6.07) is 13.1. The van der Waals surface area contributed by atoms with Gasteiger partial charge in [-0.3, -0.25) is 9.59 Å². The molecule has 4 heterocycles. The molecular weight excluding hydrogens is 496 g/mol. The Labute approximate surface area is 225 Å². The van der Waals surface area contributed by atoms with E-state index in [0.717, 1.165) is 10.8 Å². The van der Waals surface area contributed by atoms with Crippen molar-refractivity contribution in [2.24, 2.45) is 17.8 Å². The monoisotopic (exact) mass is 532 g/mol. The number of imide groups is 1. The highest BCUT2D eigenvalue weighted by Gasteiger charge is 2.88. The number of rotatable bonds is 6. The largest absolute Gasteiger partial charge is 0.416 e. The third kappa shape index (κ3) is 3.05. The Morgan fingerprint density at radius 1 is 1.08 bits per heavy atom. The van der Waals surface area contributed by atoms with E-state index in [1.54, 1.807) is 12.1 Å². The number of fused-ring (bicyclic) bond motifs is 9. The number of anilines is 1. The molecule has 0 aromatic heterocycles. The number of hydrogen-bond acceptors (Lipinski definition) is 6. The Bertz CT molecular complexity index is 1410. The molecule has 2 amide bonds. The van der Waals surface area contributed by atoms with Crippen molar-refractivity contribution in [2.45, 2.75) is 82.6 Å². The molecule has 0 spiro atoms. The number of ether oxygens (including phenoxy) is 2. The summed E-state index contributed by atoms with van der Waals surface area (Å²) in [5.41, 5.74) is -0.675. The van der Waals surface area contributed by atoms with Crippen LogP contribution in [0.4, 0.5) is 5.69 Å². The lowest BCUT2D eigenvalue weighted by atomic mass is 9.63. The topological polar surface area (TPSA) is 92.2 Å². The van der Waals surface area contributed by atoms with Crippen LogP contribution in [0.1, 0.15) is 46.6 Å². The number of epoxide rings is 1. The van der Waals surface area contributed by atoms with Crippen LogP contribution in [0.25, 0.3) is 10.8 Å². The maximum absolute atomic E-state index is 14.4. The van der Waals surface area contributed by atoms with Gasteiger partial charge in [-0.15, -0.1) is 0 Å². The molecule has 0 radical (unpaired) electrons. The first kappa shape index (κ1) is 25.7. The molecule has 4 aliphatic heterocycles. The molecule has 4 saturated heterocycles. The van der Waals surface area contributed by atoms with E-state index in [1.807, 2.05) is 31.2 Å². The van der Waals surface area contributed by atoms with Crippen LogP contribution in [0.15, 0.2) is 36.4 Å². The average molecular weight is 533 g/mol. The number of hydrogen-bond donors (Lipinski definition) is 0. The van der Waals surface area contributed by atoms with Gasteiger partial charge in [0.1, 0.15) is 23.4 Å². The summed E-state index contributed by atoms with van der Waals surface area (Å²) in [7, 11) is -2.04. The zero-order valence-electron chi connectivity index (χ0n) is 23.2. The molecule has 4 aliphatic rings. The van der Waals surface area contributed by atoms with Crippen LogP contribution in [0.3, 0.4) is 0 Å². The Morgan fingerprint density at radius 2 is 1.74 bits per heavy atom. The number of nitrogens with zero attached hydrogens (tertiary/aromatic N) is 2. The van der Waals surface area contributed by atoms with E-state index in [2.05, 4.69) is 46.9 Å². The first-order valence-electron chi connectivity index (χ1n) is 13.6. The van der Waals surface area contributed by atoms with E-state index < -0.39 is 31.4 Å². The second-order valence-electron chi connectivity index (χ2n) is 13.0. The third-order valence-electron chi connectivity index (χ3n) is 10.2. The minimum Gasteiger partial charge on any atom is -0.416 e. The standard InChI is InChI=1S/C30H36N2O5Si/c1-8-29-22-23(30(37-29,25-24(29)36-25)17(2)16-35-38(6,7)28(3,4)5)27(34)32(26(22)33)21-14-13-18(15-31)19-11-9-10-12-20(19)21/h9-14,17,22-25H,8,16H2,1-7H3/t17?,22-,23+,24-,25+,29?,30?/m0/s1. The van der Waals surface area contributed by atoms with Gasteiger partial charge in [-0.25, -0.2) is 4.90 Å². The molecule has 2 aromatic carbocycles. The van der Waals surface area contributed by atoms with Crippen molar-refractivity contribution in [1.29, 1.82) is 5.26 Å². The molecule has 2 bridgehead atoms. The van der Waals surface area contributed by atoms with Crippen molar-refractivity contribution in [3.8, 4) is 6.07 Å². The fourth-order valence-electron chi connectivity index (χ4n) is 7.04. The molecule has 200 valence electrons. The number of carbonyl (C=O) groups is 2. The van der Waals surface area contributed by atoms with Gasteiger partial charge in [0.25, 0.3) is 0 Å². The van der Waals surface area contributed by atoms with Gasteiger partial charge >= 0.3 is 0 Å². The Kier molecular flexibility index (Phi) is 5.40. The highest BCUT2D eigenvalue weighted by Crippen LogP contribution is 2.71. The molecule has 4 fully saturated rings. The predicted octanol–water partition coefficient (Wildman–Crippen LogP) is 5.17. The summed E-state index contributed by atoms with van der Waals surface area (Å²) in [6.07, 6.45) is 0.197. The molecule has 8 heteroatoms. The lowest BCUT2D eigenvalue weighted by Crippen LogP contribution is -2.54. The normalized spacial score (nSPS) is 34.4. The Hall–Kier alpha value is -2.57. The van der Waals surface area contributed by atoms with Crippen molar-refractivity contribution < 1.29 is 23.5 Å². The molecule has 0 aliphatic carbocycles. The SMILES string of the molecule is CCC12OC(C(C)CO[Si](C)(C)C(C)(C)C)([C@@H]3O[C@@H]31)[C@H]1C(=O)N(c3ccc(C#N)c4ccccc34)C(=O)[C@H]12. The van der Waals surface area contributed by atoms with Gasteiger partial charge in [-0.2, -0.15) is 5.26 Å². The molecular formula is C30H36N2O5Si. The number of carbonyl (C=O) groups excluding carboxylic acids is 2. The number of benzene rings is 2. The lowest BCUT2D eigenvalue weighted by Gasteiger charge is -2.41. The van der Waals surface area contributed by atoms with Gasteiger partial charge in [0, 0.05) is 23.3 Å². The van der Waals surface area contributed by atoms with Crippen LogP contribution in [0.5, 0.6) is 0 Å². The molecule has 0 N–H and O–H groups in total. The minimum absolute atomic E-state index is 0.0531. The van der Waals surface area contributed by atoms with Crippen molar-refractivity contribution in [3.63, 3.8) is 0 Å². The molecule has 38 heavy (non-hydrogen) atoms. The molecule has 6 rings (SSSR count). The summed E-state index contributed by atoms with van der Waals surface area (Å²) in [6.45, 7) is 15.6. The first-order chi connectivity index (χ1) is 17.9. The highest BCUT2D eigenvalue weighted by atomic mass is 28.4. The second-order valence-corrected chi connectivity index (χ2v) is 17.8. The van der Waals surface area contributed by atoms with Crippen molar-refractivity contribution >= 4 is 36.6 Å². The maximum Gasteiger partial charge on any atom is 0.240 e. The fourth-order valence-corrected chi connectivity index (χ4v) is 8.14. The van der Waals surface area contributed by atoms with Crippen LogP contribution in [0, 0.1) is 29.1 Å². The van der Waals surface area contributed by atoms with E-state index in [9.17, 15) is 14.9 Å². The van der Waals surface area contributed by atoms with Gasteiger partial charge in [0.15, 0.2) is 8.32 Å². The minimum atomic E-state index is -2.04. The van der Waals surface area contributed by atoms with Crippen molar-refractivity contribution in [3.05, 3.63) is 42.0 Å². The van der Waals surface area contributed by atoms with Crippen LogP contribution in [-0.4, -0.2) is 50.1 Å². The third-order valence-corrected chi connectivity index (χ3v) is 14.7. The summed E-state index contributed by atoms with van der Waals surface area (Å²) < 4.78 is 19.7. The second kappa shape index (κ2) is 7.98. The van der Waals surface area contributed by atoms with Crippen molar-refractivity contribution in [1.82, 2.24) is 0 Å². The number of amides is 2. The van der Waals surface area contributed by atoms with Crippen LogP contribution in [-0.2, 0) is 23.5 Å². The Balaban J connectivity index is 1.42. The lowest BCUT2D eigenvalue weighted by molar-refractivity contribution is -0.164. The fraction of sp³-hybridized carbons (Fsp3) is 0.567. The molecule has 7 nitrogen and oxygen atoms in total. The molecule has 3 unspecified atom stereocenters. The average Bonchev–Trinajstić information content (AvgIpc) is 3.50. The van der Waals surface area contributed by atoms with Gasteiger partial charge in [-0.05, 0) is 36.7 Å². The van der Waals surface area contributed by atoms with Crippen molar-refractivity contribution in [2.75, 3.05) is 11.5 Å². The maximum atomic E-state index is 14.4. The first-order valence-corrected chi connectivity index (χ1v) is 16.6. The summed E-state index contributed by atoms with van der Waals surface area (Å²) in [4.78, 5) is 29.9. The Morgan fingerprint density at radius 3 is 2.37 bits per heavy atom. The predicted molar refractivity (Wildman–Crippen MR) is 146 cm³/mol. The molecule has 0 saturated carbocycles. The zero-order valence-corrected chi connectivity index (χ0v) is 24.2. The van der Waals surface area contributed by atoms with E-state index >= 15 is 0 Å². The highest BCUT2D eigenvalue weighted by molar-refractivity contribution is 6.74. The summed E-state index contributed by atoms with van der Waals surface area (Å²) in [5, 5.41) is 11.1. The molecule has 2 aromatic rings. The van der Waals surface area contributed by atoms with Gasteiger partial charge < -0.3 is 13.9 Å². The van der Waals surface area contributed by atoms with Gasteiger partial charge in [0.2, 0.25) is 11.8 Å².